The molecule has 11 nitrogen and oxygen atoms in total. The molecule has 1 saturated heterocycles. The number of esters is 3. The molecule has 1 aromatic rings. The number of hydrogen-bond donors (Lipinski definition) is 1. The number of nitrogen functional groups attached to an aromatic ring is 1. The highest BCUT2D eigenvalue weighted by Crippen LogP contribution is 2.34. The van der Waals surface area contributed by atoms with Crippen LogP contribution in [-0.4, -0.2) is 52.4 Å². The fourth-order valence-electron chi connectivity index (χ4n) is 3.04. The largest absolute Gasteiger partial charge is 0.463 e. The minimum Gasteiger partial charge on any atom is -0.463 e. The van der Waals surface area contributed by atoms with E-state index < -0.39 is 48.1 Å². The Morgan fingerprint density at radius 2 is 1.72 bits per heavy atom. The maximum Gasteiger partial charge on any atom is 0.351 e. The van der Waals surface area contributed by atoms with Gasteiger partial charge in [0.1, 0.15) is 18.5 Å². The van der Waals surface area contributed by atoms with E-state index in [9.17, 15) is 19.2 Å². The topological polar surface area (TPSA) is 149 Å². The molecule has 2 heterocycles. The van der Waals surface area contributed by atoms with Gasteiger partial charge in [-0.3, -0.25) is 19.0 Å². The summed E-state index contributed by atoms with van der Waals surface area (Å²) in [5.74, 6) is -1.87. The van der Waals surface area contributed by atoms with Gasteiger partial charge in [-0.25, -0.2) is 4.79 Å². The second-order valence-corrected chi connectivity index (χ2v) is 6.94. The van der Waals surface area contributed by atoms with Crippen LogP contribution in [0.4, 0.5) is 5.82 Å². The average Bonchev–Trinajstić information content (AvgIpc) is 2.89. The summed E-state index contributed by atoms with van der Waals surface area (Å²) < 4.78 is 22.5. The number of anilines is 1. The molecular formula is C18H25N3O8. The van der Waals surface area contributed by atoms with Crippen LogP contribution in [0.25, 0.3) is 0 Å². The first-order chi connectivity index (χ1) is 13.5. The molecule has 0 amide bonds. The van der Waals surface area contributed by atoms with Crippen LogP contribution in [0, 0.1) is 0 Å². The van der Waals surface area contributed by atoms with E-state index in [0.29, 0.717) is 5.56 Å². The van der Waals surface area contributed by atoms with Crippen LogP contribution in [0.3, 0.4) is 0 Å². The first kappa shape index (κ1) is 22.3. The van der Waals surface area contributed by atoms with Gasteiger partial charge in [0.05, 0.1) is 0 Å². The van der Waals surface area contributed by atoms with Crippen LogP contribution >= 0.6 is 0 Å². The normalized spacial score (nSPS) is 23.7. The van der Waals surface area contributed by atoms with Crippen molar-refractivity contribution in [2.75, 3.05) is 12.3 Å². The van der Waals surface area contributed by atoms with E-state index in [1.54, 1.807) is 0 Å². The van der Waals surface area contributed by atoms with Crippen LogP contribution < -0.4 is 11.4 Å². The van der Waals surface area contributed by atoms with Crippen molar-refractivity contribution < 1.29 is 33.3 Å². The van der Waals surface area contributed by atoms with E-state index in [1.165, 1.54) is 27.0 Å². The molecule has 0 saturated carbocycles. The number of hydrogen-bond acceptors (Lipinski definition) is 10. The molecule has 1 aromatic heterocycles. The highest BCUT2D eigenvalue weighted by atomic mass is 16.7. The SMILES string of the molecule is CC(=O)OC[C@H]1O[C@@H](n2cc(C(C)C)c(N)nc2=O)[C@H](OC(C)=O)[C@H]1OC(C)=O. The third-order valence-corrected chi connectivity index (χ3v) is 4.25. The van der Waals surface area contributed by atoms with Crippen molar-refractivity contribution >= 4 is 23.7 Å². The first-order valence-corrected chi connectivity index (χ1v) is 9.03. The molecule has 1 fully saturated rings. The van der Waals surface area contributed by atoms with Gasteiger partial charge < -0.3 is 24.7 Å². The molecule has 1 aliphatic heterocycles. The molecule has 0 aromatic carbocycles. The van der Waals surface area contributed by atoms with Gasteiger partial charge in [0.15, 0.2) is 18.4 Å². The third kappa shape index (κ3) is 5.31. The van der Waals surface area contributed by atoms with Crippen molar-refractivity contribution in [2.45, 2.75) is 65.1 Å². The minimum absolute atomic E-state index is 0.0518. The summed E-state index contributed by atoms with van der Waals surface area (Å²) in [6, 6.07) is 0. The third-order valence-electron chi connectivity index (χ3n) is 4.25. The molecule has 160 valence electrons. The minimum atomic E-state index is -1.17. The van der Waals surface area contributed by atoms with Gasteiger partial charge >= 0.3 is 23.6 Å². The summed E-state index contributed by atoms with van der Waals surface area (Å²) in [7, 11) is 0. The number of ether oxygens (including phenoxy) is 4. The van der Waals surface area contributed by atoms with Crippen LogP contribution in [0.1, 0.15) is 52.3 Å². The summed E-state index contributed by atoms with van der Waals surface area (Å²) in [5, 5.41) is 0. The maximum absolute atomic E-state index is 12.5. The van der Waals surface area contributed by atoms with Crippen molar-refractivity contribution in [1.29, 1.82) is 0 Å². The molecule has 0 radical (unpaired) electrons. The van der Waals surface area contributed by atoms with E-state index >= 15 is 0 Å². The molecule has 2 N–H and O–H groups in total. The lowest BCUT2D eigenvalue weighted by Crippen LogP contribution is -2.42. The summed E-state index contributed by atoms with van der Waals surface area (Å²) in [6.45, 7) is 7.02. The molecule has 0 unspecified atom stereocenters. The maximum atomic E-state index is 12.5. The first-order valence-electron chi connectivity index (χ1n) is 9.03. The summed E-state index contributed by atoms with van der Waals surface area (Å²) >= 11 is 0. The zero-order chi connectivity index (χ0) is 21.9. The second kappa shape index (κ2) is 9.03. The van der Waals surface area contributed by atoms with Crippen LogP contribution in [-0.2, 0) is 33.3 Å². The van der Waals surface area contributed by atoms with Crippen molar-refractivity contribution in [3.05, 3.63) is 22.2 Å². The van der Waals surface area contributed by atoms with Crippen molar-refractivity contribution in [3.63, 3.8) is 0 Å². The fourth-order valence-corrected chi connectivity index (χ4v) is 3.04. The number of carbonyl (C=O) groups is 3. The second-order valence-electron chi connectivity index (χ2n) is 6.94. The smallest absolute Gasteiger partial charge is 0.351 e. The molecule has 11 heteroatoms. The molecule has 2 rings (SSSR count). The standard InChI is InChI=1S/C18H25N3O8/c1-8(2)12-6-21(18(25)20-16(12)19)17-15(28-11(5)24)14(27-10(4)23)13(29-17)7-26-9(3)22/h6,8,13-15,17H,7H2,1-5H3,(H2,19,20,25)/t13-,14+,15-,17-/m1/s1. The highest BCUT2D eigenvalue weighted by Gasteiger charge is 2.51. The Morgan fingerprint density at radius 3 is 2.24 bits per heavy atom. The monoisotopic (exact) mass is 411 g/mol. The molecule has 4 atom stereocenters. The number of nitrogens with two attached hydrogens (primary N) is 1. The van der Waals surface area contributed by atoms with E-state index in [2.05, 4.69) is 4.98 Å². The Bertz CT molecular complexity index is 850. The van der Waals surface area contributed by atoms with Crippen LogP contribution in [0.5, 0.6) is 0 Å². The summed E-state index contributed by atoms with van der Waals surface area (Å²) in [6.07, 6.45) is -2.94. The van der Waals surface area contributed by atoms with Crippen LogP contribution in [0.15, 0.2) is 11.0 Å². The van der Waals surface area contributed by atoms with Gasteiger partial charge in [-0.2, -0.15) is 4.98 Å². The van der Waals surface area contributed by atoms with Gasteiger partial charge in [0.2, 0.25) is 0 Å². The van der Waals surface area contributed by atoms with Gasteiger partial charge in [0.25, 0.3) is 0 Å². The lowest BCUT2D eigenvalue weighted by Gasteiger charge is -2.24. The average molecular weight is 411 g/mol. The Labute approximate surface area is 167 Å². The molecule has 0 spiro atoms. The number of rotatable bonds is 6. The number of nitrogens with zero attached hydrogens (tertiary/aromatic N) is 2. The van der Waals surface area contributed by atoms with E-state index in [-0.39, 0.29) is 18.3 Å². The zero-order valence-electron chi connectivity index (χ0n) is 16.9. The Kier molecular flexibility index (Phi) is 6.96. The quantitative estimate of drug-likeness (QED) is 0.510. The van der Waals surface area contributed by atoms with E-state index in [4.69, 9.17) is 24.7 Å². The summed E-state index contributed by atoms with van der Waals surface area (Å²) in [5.41, 5.74) is 5.68. The molecule has 0 bridgehead atoms. The summed E-state index contributed by atoms with van der Waals surface area (Å²) in [4.78, 5) is 50.8. The lowest BCUT2D eigenvalue weighted by molar-refractivity contribution is -0.166. The van der Waals surface area contributed by atoms with Gasteiger partial charge in [-0.05, 0) is 5.92 Å². The molecule has 1 aliphatic rings. The zero-order valence-corrected chi connectivity index (χ0v) is 16.9. The predicted octanol–water partition coefficient (Wildman–Crippen LogP) is 0.273. The Balaban J connectivity index is 2.51. The predicted molar refractivity (Wildman–Crippen MR) is 98.6 cm³/mol. The van der Waals surface area contributed by atoms with Crippen molar-refractivity contribution in [1.82, 2.24) is 9.55 Å². The fraction of sp³-hybridized carbons (Fsp3) is 0.611. The van der Waals surface area contributed by atoms with E-state index in [0.717, 1.165) is 4.57 Å². The molecule has 29 heavy (non-hydrogen) atoms. The Hall–Kier alpha value is -2.95. The molecule has 0 aliphatic carbocycles. The van der Waals surface area contributed by atoms with Gasteiger partial charge in [-0.15, -0.1) is 0 Å². The number of aromatic nitrogens is 2. The number of carbonyl (C=O) groups excluding carboxylic acids is 3. The lowest BCUT2D eigenvalue weighted by atomic mass is 10.1. The van der Waals surface area contributed by atoms with Gasteiger partial charge in [0, 0.05) is 32.5 Å². The van der Waals surface area contributed by atoms with Gasteiger partial charge in [-0.1, -0.05) is 13.8 Å². The Morgan fingerprint density at radius 1 is 1.14 bits per heavy atom. The van der Waals surface area contributed by atoms with Crippen molar-refractivity contribution in [2.24, 2.45) is 0 Å². The van der Waals surface area contributed by atoms with Crippen LogP contribution in [0.2, 0.25) is 0 Å². The highest BCUT2D eigenvalue weighted by molar-refractivity contribution is 5.68. The molecular weight excluding hydrogens is 386 g/mol. The van der Waals surface area contributed by atoms with E-state index in [1.807, 2.05) is 13.8 Å². The van der Waals surface area contributed by atoms with Crippen molar-refractivity contribution in [3.8, 4) is 0 Å².